The van der Waals surface area contributed by atoms with Crippen LogP contribution in [0.2, 0.25) is 0 Å². The van der Waals surface area contributed by atoms with Crippen LogP contribution in [0.4, 0.5) is 8.78 Å². The summed E-state index contributed by atoms with van der Waals surface area (Å²) in [7, 11) is 1.46. The van der Waals surface area contributed by atoms with E-state index >= 15 is 0 Å². The molecule has 0 aliphatic rings. The van der Waals surface area contributed by atoms with Crippen LogP contribution in [-0.4, -0.2) is 9.78 Å². The molecule has 0 N–H and O–H groups in total. The van der Waals surface area contributed by atoms with E-state index in [0.29, 0.717) is 0 Å². The summed E-state index contributed by atoms with van der Waals surface area (Å²) in [6, 6.07) is 3.07. The minimum Gasteiger partial charge on any atom is -0.242 e. The Balaban J connectivity index is 2.79. The lowest BCUT2D eigenvalue weighted by Crippen LogP contribution is -1.92. The molecule has 0 spiro atoms. The highest BCUT2D eigenvalue weighted by molar-refractivity contribution is 5.80. The molecule has 4 heteroatoms. The van der Waals surface area contributed by atoms with Crippen molar-refractivity contribution in [1.29, 1.82) is 0 Å². The summed E-state index contributed by atoms with van der Waals surface area (Å²) in [6.07, 6.45) is 0. The Morgan fingerprint density at radius 1 is 1.27 bits per heavy atom. The molecule has 1 heterocycles. The number of hydrogen-bond acceptors (Lipinski definition) is 1. The Bertz CT molecular complexity index is 515. The molecule has 80 valence electrons. The van der Waals surface area contributed by atoms with Gasteiger partial charge in [0.2, 0.25) is 5.95 Å². The first-order valence-corrected chi connectivity index (χ1v) is 4.82. The molecule has 0 saturated heterocycles. The number of halogens is 2. The van der Waals surface area contributed by atoms with E-state index in [2.05, 4.69) is 5.10 Å². The molecule has 0 bridgehead atoms. The van der Waals surface area contributed by atoms with Gasteiger partial charge in [0.15, 0.2) is 5.82 Å². The van der Waals surface area contributed by atoms with Gasteiger partial charge < -0.3 is 0 Å². The van der Waals surface area contributed by atoms with Crippen molar-refractivity contribution in [2.24, 2.45) is 7.05 Å². The van der Waals surface area contributed by atoms with Crippen LogP contribution in [0.5, 0.6) is 0 Å². The van der Waals surface area contributed by atoms with Gasteiger partial charge in [-0.2, -0.15) is 9.49 Å². The number of nitrogens with zero attached hydrogens (tertiary/aromatic N) is 2. The van der Waals surface area contributed by atoms with Gasteiger partial charge in [-0.3, -0.25) is 0 Å². The molecule has 2 rings (SSSR count). The third kappa shape index (κ3) is 1.50. The second-order valence-corrected chi connectivity index (χ2v) is 3.97. The van der Waals surface area contributed by atoms with Crippen LogP contribution < -0.4 is 0 Å². The van der Waals surface area contributed by atoms with Crippen LogP contribution in [0.15, 0.2) is 12.1 Å². The van der Waals surface area contributed by atoms with Crippen molar-refractivity contribution >= 4 is 10.9 Å². The number of aryl methyl sites for hydroxylation is 1. The number of aromatic nitrogens is 2. The largest absolute Gasteiger partial charge is 0.242 e. The molecule has 0 fully saturated rings. The summed E-state index contributed by atoms with van der Waals surface area (Å²) in [6.45, 7) is 3.88. The highest BCUT2D eigenvalue weighted by Crippen LogP contribution is 2.25. The Labute approximate surface area is 86.5 Å². The monoisotopic (exact) mass is 210 g/mol. The maximum atomic E-state index is 13.6. The highest BCUT2D eigenvalue weighted by atomic mass is 19.1. The number of fused-ring (bicyclic) bond motifs is 1. The molecule has 2 aromatic rings. The fourth-order valence-corrected chi connectivity index (χ4v) is 1.58. The van der Waals surface area contributed by atoms with Gasteiger partial charge in [0, 0.05) is 7.05 Å². The van der Waals surface area contributed by atoms with E-state index in [0.717, 1.165) is 10.2 Å². The summed E-state index contributed by atoms with van der Waals surface area (Å²) in [5, 5.41) is 4.03. The standard InChI is InChI=1S/C11H12F2N2/c1-6(2)7-4-8-10(9(12)5-7)14-15(3)11(8)13/h4-6H,1-3H3. The Morgan fingerprint density at radius 2 is 1.93 bits per heavy atom. The topological polar surface area (TPSA) is 17.8 Å². The fraction of sp³-hybridized carbons (Fsp3) is 0.364. The first kappa shape index (κ1) is 10.1. The van der Waals surface area contributed by atoms with E-state index in [1.54, 1.807) is 6.07 Å². The predicted molar refractivity (Wildman–Crippen MR) is 54.7 cm³/mol. The molecule has 15 heavy (non-hydrogen) atoms. The van der Waals surface area contributed by atoms with E-state index in [1.165, 1.54) is 13.1 Å². The Kier molecular flexibility index (Phi) is 2.21. The molecule has 0 atom stereocenters. The van der Waals surface area contributed by atoms with Crippen molar-refractivity contribution in [2.45, 2.75) is 19.8 Å². The molecule has 0 radical (unpaired) electrons. The van der Waals surface area contributed by atoms with E-state index in [1.807, 2.05) is 13.8 Å². The average molecular weight is 210 g/mol. The van der Waals surface area contributed by atoms with Gasteiger partial charge in [-0.1, -0.05) is 13.8 Å². The number of hydrogen-bond donors (Lipinski definition) is 0. The molecule has 1 aromatic carbocycles. The lowest BCUT2D eigenvalue weighted by molar-refractivity contribution is 0.511. The van der Waals surface area contributed by atoms with Gasteiger partial charge in [0.05, 0.1) is 5.39 Å². The zero-order valence-corrected chi connectivity index (χ0v) is 8.88. The summed E-state index contributed by atoms with van der Waals surface area (Å²) in [4.78, 5) is 0. The van der Waals surface area contributed by atoms with Crippen LogP contribution >= 0.6 is 0 Å². The van der Waals surface area contributed by atoms with Gasteiger partial charge in [-0.15, -0.1) is 0 Å². The van der Waals surface area contributed by atoms with Crippen molar-refractivity contribution in [3.63, 3.8) is 0 Å². The number of rotatable bonds is 1. The quantitative estimate of drug-likeness (QED) is 0.707. The van der Waals surface area contributed by atoms with Crippen LogP contribution in [0.1, 0.15) is 25.3 Å². The first-order chi connectivity index (χ1) is 7.00. The summed E-state index contributed by atoms with van der Waals surface area (Å²) in [5.74, 6) is -0.786. The minimum atomic E-state index is -0.494. The molecule has 0 unspecified atom stereocenters. The summed E-state index contributed by atoms with van der Waals surface area (Å²) < 4.78 is 28.1. The van der Waals surface area contributed by atoms with E-state index < -0.39 is 11.8 Å². The normalized spacial score (nSPS) is 11.6. The smallest absolute Gasteiger partial charge is 0.219 e. The lowest BCUT2D eigenvalue weighted by Gasteiger charge is -2.04. The molecular weight excluding hydrogens is 198 g/mol. The van der Waals surface area contributed by atoms with Crippen molar-refractivity contribution in [3.8, 4) is 0 Å². The Morgan fingerprint density at radius 3 is 2.53 bits per heavy atom. The molecular formula is C11H12F2N2. The molecule has 1 aromatic heterocycles. The first-order valence-electron chi connectivity index (χ1n) is 4.82. The van der Waals surface area contributed by atoms with Crippen molar-refractivity contribution in [2.75, 3.05) is 0 Å². The fourth-order valence-electron chi connectivity index (χ4n) is 1.58. The van der Waals surface area contributed by atoms with Crippen LogP contribution in [0, 0.1) is 11.8 Å². The van der Waals surface area contributed by atoms with E-state index in [4.69, 9.17) is 0 Å². The second-order valence-electron chi connectivity index (χ2n) is 3.97. The van der Waals surface area contributed by atoms with E-state index in [-0.39, 0.29) is 16.8 Å². The third-order valence-corrected chi connectivity index (χ3v) is 2.51. The SMILES string of the molecule is CC(C)c1cc(F)c2nn(C)c(F)c2c1. The van der Waals surface area contributed by atoms with Gasteiger partial charge in [-0.25, -0.2) is 9.07 Å². The molecule has 0 amide bonds. The second kappa shape index (κ2) is 3.29. The zero-order valence-electron chi connectivity index (χ0n) is 8.88. The van der Waals surface area contributed by atoms with E-state index in [9.17, 15) is 8.78 Å². The number of benzene rings is 1. The van der Waals surface area contributed by atoms with Crippen LogP contribution in [-0.2, 0) is 7.05 Å². The zero-order chi connectivity index (χ0) is 11.2. The van der Waals surface area contributed by atoms with Crippen molar-refractivity contribution in [1.82, 2.24) is 9.78 Å². The molecule has 0 aliphatic carbocycles. The van der Waals surface area contributed by atoms with Crippen LogP contribution in [0.25, 0.3) is 10.9 Å². The Hall–Kier alpha value is -1.45. The van der Waals surface area contributed by atoms with Gasteiger partial charge in [0.25, 0.3) is 0 Å². The summed E-state index contributed by atoms with van der Waals surface area (Å²) >= 11 is 0. The predicted octanol–water partition coefficient (Wildman–Crippen LogP) is 2.97. The third-order valence-electron chi connectivity index (χ3n) is 2.51. The maximum Gasteiger partial charge on any atom is 0.219 e. The van der Waals surface area contributed by atoms with Gasteiger partial charge >= 0.3 is 0 Å². The van der Waals surface area contributed by atoms with Crippen LogP contribution in [0.3, 0.4) is 0 Å². The average Bonchev–Trinajstić information content (AvgIpc) is 2.45. The highest BCUT2D eigenvalue weighted by Gasteiger charge is 2.14. The van der Waals surface area contributed by atoms with Crippen molar-refractivity contribution < 1.29 is 8.78 Å². The lowest BCUT2D eigenvalue weighted by atomic mass is 10.0. The maximum absolute atomic E-state index is 13.6. The van der Waals surface area contributed by atoms with Gasteiger partial charge in [-0.05, 0) is 23.6 Å². The van der Waals surface area contributed by atoms with Gasteiger partial charge in [0.1, 0.15) is 5.52 Å². The molecule has 2 nitrogen and oxygen atoms in total. The minimum absolute atomic E-state index is 0.0967. The summed E-state index contributed by atoms with van der Waals surface area (Å²) in [5.41, 5.74) is 0.881. The molecule has 0 saturated carbocycles. The van der Waals surface area contributed by atoms with Crippen molar-refractivity contribution in [3.05, 3.63) is 29.5 Å². The molecule has 0 aliphatic heterocycles.